The van der Waals surface area contributed by atoms with Crippen LogP contribution < -0.4 is 0 Å². The summed E-state index contributed by atoms with van der Waals surface area (Å²) in [6, 6.07) is 11.4. The predicted molar refractivity (Wildman–Crippen MR) is 80.1 cm³/mol. The van der Waals surface area contributed by atoms with Gasteiger partial charge < -0.3 is 5.11 Å². The van der Waals surface area contributed by atoms with Crippen LogP contribution in [0.25, 0.3) is 11.3 Å². The van der Waals surface area contributed by atoms with Crippen molar-refractivity contribution >= 4 is 5.97 Å². The molecule has 0 aliphatic carbocycles. The molecule has 2 aromatic rings. The number of carboxylic acids is 1. The molecule has 0 atom stereocenters. The van der Waals surface area contributed by atoms with Gasteiger partial charge >= 0.3 is 5.97 Å². The zero-order chi connectivity index (χ0) is 14.9. The molecule has 1 heterocycles. The molecule has 104 valence electrons. The van der Waals surface area contributed by atoms with Gasteiger partial charge in [-0.15, -0.1) is 0 Å². The van der Waals surface area contributed by atoms with Crippen molar-refractivity contribution in [3.05, 3.63) is 53.2 Å². The Morgan fingerprint density at radius 3 is 2.30 bits per heavy atom. The van der Waals surface area contributed by atoms with Gasteiger partial charge in [-0.05, 0) is 24.6 Å². The van der Waals surface area contributed by atoms with Crippen molar-refractivity contribution in [1.82, 2.24) is 4.98 Å². The Kier molecular flexibility index (Phi) is 3.62. The van der Waals surface area contributed by atoms with E-state index in [1.54, 1.807) is 12.1 Å². The lowest BCUT2D eigenvalue weighted by molar-refractivity contribution is 0.0693. The Morgan fingerprint density at radius 2 is 1.75 bits per heavy atom. The SMILES string of the molecule is Cc1ccccc1-c1ccc(C(=O)O)c(C(C)(C)C)n1. The van der Waals surface area contributed by atoms with E-state index in [0.29, 0.717) is 5.69 Å². The van der Waals surface area contributed by atoms with Crippen molar-refractivity contribution in [3.8, 4) is 11.3 Å². The summed E-state index contributed by atoms with van der Waals surface area (Å²) in [5, 5.41) is 9.31. The maximum atomic E-state index is 11.3. The summed E-state index contributed by atoms with van der Waals surface area (Å²) < 4.78 is 0. The predicted octanol–water partition coefficient (Wildman–Crippen LogP) is 4.05. The van der Waals surface area contributed by atoms with Gasteiger partial charge in [0, 0.05) is 11.0 Å². The first kappa shape index (κ1) is 14.3. The minimum atomic E-state index is -0.932. The number of hydrogen-bond donors (Lipinski definition) is 1. The molecule has 3 heteroatoms. The van der Waals surface area contributed by atoms with E-state index < -0.39 is 5.97 Å². The van der Waals surface area contributed by atoms with Crippen molar-refractivity contribution in [2.24, 2.45) is 0 Å². The zero-order valence-electron chi connectivity index (χ0n) is 12.3. The number of aryl methyl sites for hydroxylation is 1. The third-order valence-corrected chi connectivity index (χ3v) is 3.26. The molecule has 2 rings (SSSR count). The monoisotopic (exact) mass is 269 g/mol. The van der Waals surface area contributed by atoms with Gasteiger partial charge in [0.1, 0.15) is 0 Å². The molecule has 0 spiro atoms. The van der Waals surface area contributed by atoms with Gasteiger partial charge in [0.2, 0.25) is 0 Å². The maximum absolute atomic E-state index is 11.3. The highest BCUT2D eigenvalue weighted by Crippen LogP contribution is 2.28. The largest absolute Gasteiger partial charge is 0.478 e. The van der Waals surface area contributed by atoms with Gasteiger partial charge in [-0.3, -0.25) is 4.98 Å². The Morgan fingerprint density at radius 1 is 1.10 bits per heavy atom. The van der Waals surface area contributed by atoms with E-state index >= 15 is 0 Å². The lowest BCUT2D eigenvalue weighted by atomic mass is 9.87. The standard InChI is InChI=1S/C17H19NO2/c1-11-7-5-6-8-12(11)14-10-9-13(16(19)20)15(18-14)17(2,3)4/h5-10H,1-4H3,(H,19,20). The van der Waals surface area contributed by atoms with Crippen LogP contribution in [-0.4, -0.2) is 16.1 Å². The second-order valence-electron chi connectivity index (χ2n) is 5.96. The smallest absolute Gasteiger partial charge is 0.337 e. The summed E-state index contributed by atoms with van der Waals surface area (Å²) in [5.41, 5.74) is 3.56. The fraction of sp³-hybridized carbons (Fsp3) is 0.294. The second-order valence-corrected chi connectivity index (χ2v) is 5.96. The molecule has 0 amide bonds. The van der Waals surface area contributed by atoms with Gasteiger partial charge in [-0.2, -0.15) is 0 Å². The van der Waals surface area contributed by atoms with E-state index in [0.717, 1.165) is 16.8 Å². The first-order valence-electron chi connectivity index (χ1n) is 6.61. The number of aromatic nitrogens is 1. The molecule has 1 N–H and O–H groups in total. The van der Waals surface area contributed by atoms with Gasteiger partial charge in [-0.1, -0.05) is 45.0 Å². The van der Waals surface area contributed by atoms with Crippen LogP contribution in [0.5, 0.6) is 0 Å². The second kappa shape index (κ2) is 5.08. The molecule has 1 aromatic carbocycles. The van der Waals surface area contributed by atoms with E-state index in [1.165, 1.54) is 0 Å². The van der Waals surface area contributed by atoms with Gasteiger partial charge in [-0.25, -0.2) is 4.79 Å². The van der Waals surface area contributed by atoms with E-state index in [-0.39, 0.29) is 11.0 Å². The molecule has 0 aliphatic rings. The Hall–Kier alpha value is -2.16. The zero-order valence-corrected chi connectivity index (χ0v) is 12.3. The molecular weight excluding hydrogens is 250 g/mol. The molecule has 1 aromatic heterocycles. The Bertz CT molecular complexity index is 654. The molecule has 0 aliphatic heterocycles. The fourth-order valence-corrected chi connectivity index (χ4v) is 2.21. The number of carbonyl (C=O) groups is 1. The molecule has 20 heavy (non-hydrogen) atoms. The lowest BCUT2D eigenvalue weighted by Crippen LogP contribution is -2.19. The van der Waals surface area contributed by atoms with E-state index in [9.17, 15) is 9.90 Å². The third-order valence-electron chi connectivity index (χ3n) is 3.26. The third kappa shape index (κ3) is 2.72. The summed E-state index contributed by atoms with van der Waals surface area (Å²) in [4.78, 5) is 16.0. The number of benzene rings is 1. The first-order chi connectivity index (χ1) is 9.30. The minimum absolute atomic E-state index is 0.273. The van der Waals surface area contributed by atoms with E-state index in [2.05, 4.69) is 4.98 Å². The Balaban J connectivity index is 2.65. The van der Waals surface area contributed by atoms with Crippen LogP contribution in [0.3, 0.4) is 0 Å². The highest BCUT2D eigenvalue weighted by atomic mass is 16.4. The molecule has 0 radical (unpaired) electrons. The van der Waals surface area contributed by atoms with Gasteiger partial charge in [0.15, 0.2) is 0 Å². The van der Waals surface area contributed by atoms with Crippen LogP contribution in [0.1, 0.15) is 42.4 Å². The van der Waals surface area contributed by atoms with Crippen LogP contribution in [0.4, 0.5) is 0 Å². The van der Waals surface area contributed by atoms with Crippen LogP contribution in [0, 0.1) is 6.92 Å². The lowest BCUT2D eigenvalue weighted by Gasteiger charge is -2.21. The quantitative estimate of drug-likeness (QED) is 0.894. The van der Waals surface area contributed by atoms with Crippen molar-refractivity contribution in [2.75, 3.05) is 0 Å². The summed E-state index contributed by atoms with van der Waals surface area (Å²) in [5.74, 6) is -0.932. The number of rotatable bonds is 2. The highest BCUT2D eigenvalue weighted by molar-refractivity contribution is 5.89. The summed E-state index contributed by atoms with van der Waals surface area (Å²) in [6.07, 6.45) is 0. The normalized spacial score (nSPS) is 11.4. The van der Waals surface area contributed by atoms with E-state index in [1.807, 2.05) is 52.0 Å². The Labute approximate surface area is 119 Å². The van der Waals surface area contributed by atoms with Crippen LogP contribution in [-0.2, 0) is 5.41 Å². The number of carboxylic acid groups (broad SMARTS) is 1. The number of pyridine rings is 1. The van der Waals surface area contributed by atoms with E-state index in [4.69, 9.17) is 0 Å². The van der Waals surface area contributed by atoms with Crippen LogP contribution in [0.2, 0.25) is 0 Å². The molecule has 3 nitrogen and oxygen atoms in total. The number of aromatic carboxylic acids is 1. The number of hydrogen-bond acceptors (Lipinski definition) is 2. The average molecular weight is 269 g/mol. The first-order valence-corrected chi connectivity index (χ1v) is 6.61. The molecule has 0 saturated carbocycles. The van der Waals surface area contributed by atoms with Crippen molar-refractivity contribution in [1.29, 1.82) is 0 Å². The van der Waals surface area contributed by atoms with Crippen molar-refractivity contribution < 1.29 is 9.90 Å². The highest BCUT2D eigenvalue weighted by Gasteiger charge is 2.24. The van der Waals surface area contributed by atoms with Crippen LogP contribution in [0.15, 0.2) is 36.4 Å². The molecular formula is C17H19NO2. The molecule has 0 unspecified atom stereocenters. The molecule has 0 bridgehead atoms. The van der Waals surface area contributed by atoms with Gasteiger partial charge in [0.05, 0.1) is 17.0 Å². The minimum Gasteiger partial charge on any atom is -0.478 e. The van der Waals surface area contributed by atoms with Crippen molar-refractivity contribution in [3.63, 3.8) is 0 Å². The summed E-state index contributed by atoms with van der Waals surface area (Å²) in [7, 11) is 0. The number of nitrogens with zero attached hydrogens (tertiary/aromatic N) is 1. The van der Waals surface area contributed by atoms with Crippen LogP contribution >= 0.6 is 0 Å². The fourth-order valence-electron chi connectivity index (χ4n) is 2.21. The van der Waals surface area contributed by atoms with Crippen molar-refractivity contribution in [2.45, 2.75) is 33.1 Å². The summed E-state index contributed by atoms with van der Waals surface area (Å²) >= 11 is 0. The molecule has 0 saturated heterocycles. The maximum Gasteiger partial charge on any atom is 0.337 e. The summed E-state index contributed by atoms with van der Waals surface area (Å²) in [6.45, 7) is 7.95. The van der Waals surface area contributed by atoms with Gasteiger partial charge in [0.25, 0.3) is 0 Å². The average Bonchev–Trinajstić information content (AvgIpc) is 2.37. The topological polar surface area (TPSA) is 50.2 Å². The molecule has 0 fully saturated rings.